The molecule has 0 saturated carbocycles. The molecule has 0 spiro atoms. The summed E-state index contributed by atoms with van der Waals surface area (Å²) in [6, 6.07) is 20.8. The molecule has 0 aliphatic heterocycles. The highest BCUT2D eigenvalue weighted by molar-refractivity contribution is 6.41. The molecule has 8 nitrogen and oxygen atoms in total. The highest BCUT2D eigenvalue weighted by Crippen LogP contribution is 2.20. The Labute approximate surface area is 195 Å². The van der Waals surface area contributed by atoms with E-state index in [4.69, 9.17) is 16.3 Å². The SMILES string of the molecule is Cc1ccc(NC(=O)COc2ccccc2/C=N\NC(=O)C(=O)Nc2ccccc2Cl)cc1. The average molecular weight is 465 g/mol. The molecule has 3 amide bonds. The van der Waals surface area contributed by atoms with E-state index in [9.17, 15) is 14.4 Å². The minimum Gasteiger partial charge on any atom is -0.483 e. The summed E-state index contributed by atoms with van der Waals surface area (Å²) in [6.07, 6.45) is 1.31. The molecule has 3 N–H and O–H groups in total. The predicted molar refractivity (Wildman–Crippen MR) is 128 cm³/mol. The number of hydrazone groups is 1. The minimum atomic E-state index is -0.970. The molecular formula is C24H21ClN4O4. The van der Waals surface area contributed by atoms with E-state index in [-0.39, 0.29) is 12.5 Å². The molecule has 0 aliphatic rings. The van der Waals surface area contributed by atoms with Crippen molar-refractivity contribution in [3.05, 3.63) is 88.9 Å². The van der Waals surface area contributed by atoms with Crippen LogP contribution in [0.4, 0.5) is 11.4 Å². The topological polar surface area (TPSA) is 109 Å². The van der Waals surface area contributed by atoms with E-state index in [1.807, 2.05) is 19.1 Å². The third-order valence-corrected chi connectivity index (χ3v) is 4.64. The van der Waals surface area contributed by atoms with E-state index in [1.165, 1.54) is 6.21 Å². The van der Waals surface area contributed by atoms with Gasteiger partial charge in [0, 0.05) is 11.3 Å². The number of hydrogen-bond acceptors (Lipinski definition) is 5. The zero-order chi connectivity index (χ0) is 23.6. The summed E-state index contributed by atoms with van der Waals surface area (Å²) >= 11 is 5.96. The third-order valence-electron chi connectivity index (χ3n) is 4.31. The maximum absolute atomic E-state index is 12.2. The summed E-state index contributed by atoms with van der Waals surface area (Å²) in [5.74, 6) is -1.83. The van der Waals surface area contributed by atoms with Crippen LogP contribution in [-0.2, 0) is 14.4 Å². The number of nitrogens with zero attached hydrogens (tertiary/aromatic N) is 1. The highest BCUT2D eigenvalue weighted by Gasteiger charge is 2.14. The van der Waals surface area contributed by atoms with Gasteiger partial charge in [-0.3, -0.25) is 14.4 Å². The monoisotopic (exact) mass is 464 g/mol. The van der Waals surface area contributed by atoms with E-state index < -0.39 is 11.8 Å². The Morgan fingerprint density at radius 3 is 2.36 bits per heavy atom. The lowest BCUT2D eigenvalue weighted by atomic mass is 10.2. The van der Waals surface area contributed by atoms with Crippen molar-refractivity contribution in [2.75, 3.05) is 17.2 Å². The largest absolute Gasteiger partial charge is 0.483 e. The van der Waals surface area contributed by atoms with E-state index in [0.717, 1.165) is 5.56 Å². The summed E-state index contributed by atoms with van der Waals surface area (Å²) in [5, 5.41) is 9.24. The first-order chi connectivity index (χ1) is 15.9. The van der Waals surface area contributed by atoms with Gasteiger partial charge in [-0.25, -0.2) is 5.43 Å². The Morgan fingerprint density at radius 2 is 1.61 bits per heavy atom. The number of rotatable bonds is 7. The second kappa shape index (κ2) is 11.4. The number of halogens is 1. The molecule has 0 radical (unpaired) electrons. The number of hydrogen-bond donors (Lipinski definition) is 3. The van der Waals surface area contributed by atoms with Crippen LogP contribution in [0.1, 0.15) is 11.1 Å². The molecule has 0 saturated heterocycles. The first kappa shape index (κ1) is 23.5. The number of carbonyl (C=O) groups excluding carboxylic acids is 3. The van der Waals surface area contributed by atoms with Crippen molar-refractivity contribution in [1.82, 2.24) is 5.43 Å². The van der Waals surface area contributed by atoms with Crippen LogP contribution in [0.25, 0.3) is 0 Å². The molecule has 9 heteroatoms. The molecule has 0 bridgehead atoms. The van der Waals surface area contributed by atoms with E-state index in [1.54, 1.807) is 60.7 Å². The molecule has 0 heterocycles. The van der Waals surface area contributed by atoms with Crippen LogP contribution in [0.5, 0.6) is 5.75 Å². The molecule has 3 rings (SSSR count). The normalized spacial score (nSPS) is 10.5. The van der Waals surface area contributed by atoms with Crippen molar-refractivity contribution >= 4 is 46.9 Å². The van der Waals surface area contributed by atoms with Crippen molar-refractivity contribution in [3.63, 3.8) is 0 Å². The van der Waals surface area contributed by atoms with Gasteiger partial charge in [-0.15, -0.1) is 0 Å². The second-order valence-electron chi connectivity index (χ2n) is 6.87. The lowest BCUT2D eigenvalue weighted by Crippen LogP contribution is -2.32. The quantitative estimate of drug-likeness (QED) is 0.281. The summed E-state index contributed by atoms with van der Waals surface area (Å²) in [7, 11) is 0. The number of para-hydroxylation sites is 2. The van der Waals surface area contributed by atoms with Crippen LogP contribution < -0.4 is 20.8 Å². The van der Waals surface area contributed by atoms with Crippen molar-refractivity contribution in [3.8, 4) is 5.75 Å². The van der Waals surface area contributed by atoms with Crippen LogP contribution in [0.2, 0.25) is 5.02 Å². The molecular weight excluding hydrogens is 444 g/mol. The van der Waals surface area contributed by atoms with E-state index in [2.05, 4.69) is 21.2 Å². The Hall–Kier alpha value is -4.17. The summed E-state index contributed by atoms with van der Waals surface area (Å²) < 4.78 is 5.58. The Kier molecular flexibility index (Phi) is 8.15. The molecule has 168 valence electrons. The van der Waals surface area contributed by atoms with Gasteiger partial charge < -0.3 is 15.4 Å². The summed E-state index contributed by atoms with van der Waals surface area (Å²) in [4.78, 5) is 36.1. The zero-order valence-electron chi connectivity index (χ0n) is 17.7. The van der Waals surface area contributed by atoms with Gasteiger partial charge in [-0.1, -0.05) is 53.6 Å². The first-order valence-corrected chi connectivity index (χ1v) is 10.3. The fourth-order valence-electron chi connectivity index (χ4n) is 2.65. The van der Waals surface area contributed by atoms with Gasteiger partial charge in [-0.2, -0.15) is 5.10 Å². The number of benzene rings is 3. The summed E-state index contributed by atoms with van der Waals surface area (Å²) in [6.45, 7) is 1.74. The molecule has 3 aromatic rings. The van der Waals surface area contributed by atoms with Crippen molar-refractivity contribution in [1.29, 1.82) is 0 Å². The minimum absolute atomic E-state index is 0.217. The molecule has 0 fully saturated rings. The fraction of sp³-hybridized carbons (Fsp3) is 0.0833. The van der Waals surface area contributed by atoms with Gasteiger partial charge in [0.05, 0.1) is 16.9 Å². The zero-order valence-corrected chi connectivity index (χ0v) is 18.4. The van der Waals surface area contributed by atoms with Gasteiger partial charge in [0.15, 0.2) is 6.61 Å². The lowest BCUT2D eigenvalue weighted by molar-refractivity contribution is -0.136. The molecule has 0 aliphatic carbocycles. The van der Waals surface area contributed by atoms with Crippen LogP contribution in [0.15, 0.2) is 77.9 Å². The maximum atomic E-state index is 12.2. The number of carbonyl (C=O) groups is 3. The highest BCUT2D eigenvalue weighted by atomic mass is 35.5. The molecule has 0 atom stereocenters. The number of anilines is 2. The molecule has 0 aromatic heterocycles. The van der Waals surface area contributed by atoms with Crippen molar-refractivity contribution < 1.29 is 19.1 Å². The second-order valence-corrected chi connectivity index (χ2v) is 7.28. The van der Waals surface area contributed by atoms with Crippen LogP contribution >= 0.6 is 11.6 Å². The van der Waals surface area contributed by atoms with Crippen LogP contribution in [0.3, 0.4) is 0 Å². The Morgan fingerprint density at radius 1 is 0.909 bits per heavy atom. The summed E-state index contributed by atoms with van der Waals surface area (Å²) in [5.41, 5.74) is 4.72. The standard InChI is InChI=1S/C24H21ClN4O4/c1-16-10-12-18(13-11-16)27-22(30)15-33-21-9-5-2-6-17(21)14-26-29-24(32)23(31)28-20-8-4-3-7-19(20)25/h2-14H,15H2,1H3,(H,27,30)(H,28,31)(H,29,32)/b26-14-. The number of nitrogens with one attached hydrogen (secondary N) is 3. The molecule has 0 unspecified atom stereocenters. The van der Waals surface area contributed by atoms with Crippen molar-refractivity contribution in [2.24, 2.45) is 5.10 Å². The van der Waals surface area contributed by atoms with Gasteiger partial charge in [0.2, 0.25) is 0 Å². The third kappa shape index (κ3) is 7.19. The molecule has 33 heavy (non-hydrogen) atoms. The number of ether oxygens (including phenoxy) is 1. The number of amides is 3. The fourth-order valence-corrected chi connectivity index (χ4v) is 2.83. The van der Waals surface area contributed by atoms with E-state index in [0.29, 0.717) is 27.7 Å². The average Bonchev–Trinajstić information content (AvgIpc) is 2.81. The lowest BCUT2D eigenvalue weighted by Gasteiger charge is -2.10. The first-order valence-electron chi connectivity index (χ1n) is 9.89. The Bertz CT molecular complexity index is 1180. The van der Waals surface area contributed by atoms with Crippen molar-refractivity contribution in [2.45, 2.75) is 6.92 Å². The number of aryl methyl sites for hydroxylation is 1. The van der Waals surface area contributed by atoms with Gasteiger partial charge >= 0.3 is 11.8 Å². The van der Waals surface area contributed by atoms with Gasteiger partial charge in [-0.05, 0) is 43.3 Å². The Balaban J connectivity index is 1.53. The van der Waals surface area contributed by atoms with Gasteiger partial charge in [0.25, 0.3) is 5.91 Å². The van der Waals surface area contributed by atoms with Crippen LogP contribution in [-0.4, -0.2) is 30.5 Å². The van der Waals surface area contributed by atoms with Crippen LogP contribution in [0, 0.1) is 6.92 Å². The smallest absolute Gasteiger partial charge is 0.329 e. The van der Waals surface area contributed by atoms with Gasteiger partial charge in [0.1, 0.15) is 5.75 Å². The van der Waals surface area contributed by atoms with E-state index >= 15 is 0 Å². The predicted octanol–water partition coefficient (Wildman–Crippen LogP) is 3.75. The maximum Gasteiger partial charge on any atom is 0.329 e. The molecule has 3 aromatic carbocycles.